The average molecular weight is 401 g/mol. The van der Waals surface area contributed by atoms with E-state index in [1.165, 1.54) is 12.1 Å². The number of anilines is 2. The molecule has 4 rings (SSSR count). The van der Waals surface area contributed by atoms with Gasteiger partial charge in [-0.2, -0.15) is 18.2 Å². The summed E-state index contributed by atoms with van der Waals surface area (Å²) in [6.07, 6.45) is -2.71. The van der Waals surface area contributed by atoms with Crippen LogP contribution in [0.2, 0.25) is 0 Å². The van der Waals surface area contributed by atoms with Gasteiger partial charge in [0.15, 0.2) is 11.8 Å². The van der Waals surface area contributed by atoms with Crippen LogP contribution in [0.3, 0.4) is 0 Å². The van der Waals surface area contributed by atoms with Crippen molar-refractivity contribution in [1.29, 1.82) is 0 Å². The van der Waals surface area contributed by atoms with Crippen LogP contribution >= 0.6 is 0 Å². The maximum absolute atomic E-state index is 12.9. The summed E-state index contributed by atoms with van der Waals surface area (Å²) in [5.74, 6) is 0.825. The number of hydrogen-bond donors (Lipinski definition) is 3. The smallest absolute Gasteiger partial charge is 0.369 e. The molecule has 2 aromatic carbocycles. The number of aromatic nitrogens is 3. The highest BCUT2D eigenvalue weighted by molar-refractivity contribution is 6.15. The fourth-order valence-corrected chi connectivity index (χ4v) is 3.33. The Morgan fingerprint density at radius 1 is 1.07 bits per heavy atom. The number of nitrogens with one attached hydrogen (secondary N) is 2. The number of nitrogen functional groups attached to an aromatic ring is 1. The van der Waals surface area contributed by atoms with Gasteiger partial charge in [0.2, 0.25) is 0 Å². The zero-order chi connectivity index (χ0) is 21.0. The second-order valence-electron chi connectivity index (χ2n) is 7.72. The molecule has 0 saturated heterocycles. The number of rotatable bonds is 3. The summed E-state index contributed by atoms with van der Waals surface area (Å²) < 4.78 is 39.2. The molecule has 0 atom stereocenters. The first-order valence-corrected chi connectivity index (χ1v) is 8.87. The molecular formula is C20H20F3N6+. The van der Waals surface area contributed by atoms with E-state index in [9.17, 15) is 13.2 Å². The molecule has 0 aliphatic carbocycles. The van der Waals surface area contributed by atoms with Gasteiger partial charge >= 0.3 is 6.18 Å². The van der Waals surface area contributed by atoms with E-state index in [0.717, 1.165) is 22.9 Å². The molecular weight excluding hydrogens is 381 g/mol. The van der Waals surface area contributed by atoms with Crippen LogP contribution in [-0.2, 0) is 6.18 Å². The molecule has 0 spiro atoms. The van der Waals surface area contributed by atoms with Crippen molar-refractivity contribution in [2.45, 2.75) is 6.18 Å². The molecule has 9 heteroatoms. The lowest BCUT2D eigenvalue weighted by molar-refractivity contribution is -0.848. The molecule has 0 saturated carbocycles. The van der Waals surface area contributed by atoms with Gasteiger partial charge in [0.1, 0.15) is 0 Å². The van der Waals surface area contributed by atoms with E-state index >= 15 is 0 Å². The van der Waals surface area contributed by atoms with Gasteiger partial charge in [0, 0.05) is 17.1 Å². The molecule has 0 bridgehead atoms. The molecule has 2 aromatic heterocycles. The van der Waals surface area contributed by atoms with Crippen molar-refractivity contribution >= 4 is 33.6 Å². The maximum Gasteiger partial charge on any atom is 0.416 e. The molecule has 150 valence electrons. The van der Waals surface area contributed by atoms with Crippen molar-refractivity contribution in [3.63, 3.8) is 0 Å². The minimum atomic E-state index is -4.38. The Balaban J connectivity index is 1.96. The van der Waals surface area contributed by atoms with Crippen LogP contribution in [0.15, 0.2) is 42.6 Å². The standard InChI is InChI=1S/C20H20F3N6/c1-29(2,3)28-18-16-13-8-9-25-17(13)14(10-15(16)26-19(24)27-18)11-4-6-12(7-5-11)20(21,22)23/h4-10,28H,1-3H3,(H3,24,26,27)/q+1. The highest BCUT2D eigenvalue weighted by Crippen LogP contribution is 2.38. The Morgan fingerprint density at radius 2 is 1.76 bits per heavy atom. The zero-order valence-corrected chi connectivity index (χ0v) is 16.1. The van der Waals surface area contributed by atoms with E-state index in [0.29, 0.717) is 32.6 Å². The summed E-state index contributed by atoms with van der Waals surface area (Å²) in [7, 11) is 5.87. The fraction of sp³-hybridized carbons (Fsp3) is 0.200. The Labute approximate surface area is 164 Å². The lowest BCUT2D eigenvalue weighted by Crippen LogP contribution is -2.41. The van der Waals surface area contributed by atoms with E-state index in [4.69, 9.17) is 5.73 Å². The van der Waals surface area contributed by atoms with Crippen LogP contribution in [0.1, 0.15) is 5.56 Å². The van der Waals surface area contributed by atoms with Crippen molar-refractivity contribution in [1.82, 2.24) is 15.0 Å². The molecule has 0 aliphatic rings. The van der Waals surface area contributed by atoms with Gasteiger partial charge in [-0.15, -0.1) is 0 Å². The SMILES string of the molecule is C[N+](C)(C)Nc1nc(N)[nH]c2cc(-c3ccc(C(F)(F)F)cc3)c3nccc3c12. The molecule has 6 nitrogen and oxygen atoms in total. The number of benzene rings is 2. The number of nitrogens with two attached hydrogens (primary N) is 1. The molecule has 4 N–H and O–H groups in total. The first-order chi connectivity index (χ1) is 13.5. The molecule has 0 unspecified atom stereocenters. The Kier molecular flexibility index (Phi) is 4.16. The summed E-state index contributed by atoms with van der Waals surface area (Å²) in [4.78, 5) is 11.9. The number of H-pyrrole nitrogens is 1. The van der Waals surface area contributed by atoms with Crippen LogP contribution in [0.4, 0.5) is 24.9 Å². The van der Waals surface area contributed by atoms with E-state index in [2.05, 4.69) is 20.4 Å². The first-order valence-electron chi connectivity index (χ1n) is 8.87. The summed E-state index contributed by atoms with van der Waals surface area (Å²) in [5.41, 5.74) is 11.3. The molecule has 4 aromatic rings. The predicted octanol–water partition coefficient (Wildman–Crippen LogP) is 4.41. The Morgan fingerprint density at radius 3 is 2.38 bits per heavy atom. The molecule has 0 fully saturated rings. The van der Waals surface area contributed by atoms with E-state index in [1.54, 1.807) is 6.20 Å². The van der Waals surface area contributed by atoms with Gasteiger partial charge in [0.05, 0.1) is 43.1 Å². The van der Waals surface area contributed by atoms with Crippen molar-refractivity contribution in [3.05, 3.63) is 48.2 Å². The fourth-order valence-electron chi connectivity index (χ4n) is 3.33. The number of nitrogens with zero attached hydrogens (tertiary/aromatic N) is 3. The van der Waals surface area contributed by atoms with Crippen LogP contribution < -0.4 is 11.2 Å². The number of fused-ring (bicyclic) bond motifs is 3. The van der Waals surface area contributed by atoms with Gasteiger partial charge in [-0.05, 0) is 29.8 Å². The molecule has 0 radical (unpaired) electrons. The Hall–Kier alpha value is -3.33. The number of hydrogen-bond acceptors (Lipinski definition) is 4. The quantitative estimate of drug-likeness (QED) is 0.351. The van der Waals surface area contributed by atoms with Gasteiger partial charge in [-0.3, -0.25) is 4.98 Å². The minimum Gasteiger partial charge on any atom is -0.369 e. The van der Waals surface area contributed by atoms with Crippen LogP contribution in [0.25, 0.3) is 32.9 Å². The lowest BCUT2D eigenvalue weighted by atomic mass is 9.99. The highest BCUT2D eigenvalue weighted by Gasteiger charge is 2.30. The first kappa shape index (κ1) is 19.0. The van der Waals surface area contributed by atoms with Crippen molar-refractivity contribution in [3.8, 4) is 11.1 Å². The number of quaternary nitrogens is 1. The molecule has 0 amide bonds. The lowest BCUT2D eigenvalue weighted by Gasteiger charge is -2.25. The van der Waals surface area contributed by atoms with Crippen LogP contribution in [0.5, 0.6) is 0 Å². The molecule has 29 heavy (non-hydrogen) atoms. The van der Waals surface area contributed by atoms with E-state index < -0.39 is 11.7 Å². The minimum absolute atomic E-state index is 0.227. The maximum atomic E-state index is 12.9. The normalized spacial score (nSPS) is 12.6. The second kappa shape index (κ2) is 6.35. The second-order valence-corrected chi connectivity index (χ2v) is 7.72. The van der Waals surface area contributed by atoms with Crippen LogP contribution in [0, 0.1) is 0 Å². The Bertz CT molecular complexity index is 1200. The number of halogens is 3. The third-order valence-electron chi connectivity index (χ3n) is 4.48. The van der Waals surface area contributed by atoms with Gasteiger partial charge in [-0.25, -0.2) is 10.0 Å². The van der Waals surface area contributed by atoms with Crippen molar-refractivity contribution in [2.24, 2.45) is 0 Å². The topological polar surface area (TPSA) is 79.6 Å². The summed E-state index contributed by atoms with van der Waals surface area (Å²) in [6, 6.07) is 8.75. The van der Waals surface area contributed by atoms with Crippen LogP contribution in [-0.4, -0.2) is 40.7 Å². The third-order valence-corrected chi connectivity index (χ3v) is 4.48. The summed E-state index contributed by atoms with van der Waals surface area (Å²) in [6.45, 7) is 0. The summed E-state index contributed by atoms with van der Waals surface area (Å²) >= 11 is 0. The highest BCUT2D eigenvalue weighted by atomic mass is 19.4. The van der Waals surface area contributed by atoms with Gasteiger partial charge < -0.3 is 10.7 Å². The monoisotopic (exact) mass is 401 g/mol. The van der Waals surface area contributed by atoms with Gasteiger partial charge in [0.25, 0.3) is 0 Å². The number of alkyl halides is 3. The van der Waals surface area contributed by atoms with Crippen molar-refractivity contribution in [2.75, 3.05) is 32.3 Å². The zero-order valence-electron chi connectivity index (χ0n) is 16.1. The van der Waals surface area contributed by atoms with E-state index in [1.807, 2.05) is 33.3 Å². The largest absolute Gasteiger partial charge is 0.416 e. The third kappa shape index (κ3) is 3.56. The number of aromatic amines is 1. The molecule has 0 aliphatic heterocycles. The predicted molar refractivity (Wildman–Crippen MR) is 108 cm³/mol. The molecule has 2 heterocycles. The average Bonchev–Trinajstić information content (AvgIpc) is 3.08. The van der Waals surface area contributed by atoms with Crippen molar-refractivity contribution < 1.29 is 17.8 Å². The summed E-state index contributed by atoms with van der Waals surface area (Å²) in [5, 5.41) is 1.65. The van der Waals surface area contributed by atoms with E-state index in [-0.39, 0.29) is 5.95 Å². The van der Waals surface area contributed by atoms with Gasteiger partial charge in [-0.1, -0.05) is 12.1 Å².